The molecule has 0 spiro atoms. The molecule has 5 nitrogen and oxygen atoms in total. The molecule has 2 rings (SSSR count). The van der Waals surface area contributed by atoms with E-state index < -0.39 is 0 Å². The molecule has 1 aliphatic rings. The van der Waals surface area contributed by atoms with Gasteiger partial charge in [-0.05, 0) is 63.3 Å². The second-order valence-corrected chi connectivity index (χ2v) is 9.91. The Hall–Kier alpha value is -2.14. The number of hydrogen-bond acceptors (Lipinski definition) is 5. The first-order chi connectivity index (χ1) is 16.4. The summed E-state index contributed by atoms with van der Waals surface area (Å²) in [7, 11) is 0. The van der Waals surface area contributed by atoms with Crippen LogP contribution in [0.15, 0.2) is 30.3 Å². The number of carbonyl (C=O) groups is 2. The van der Waals surface area contributed by atoms with Gasteiger partial charge in [-0.1, -0.05) is 69.9 Å². The first-order valence-electron chi connectivity index (χ1n) is 13.4. The number of phenols is 1. The predicted octanol–water partition coefficient (Wildman–Crippen LogP) is 6.73. The molecule has 1 fully saturated rings. The summed E-state index contributed by atoms with van der Waals surface area (Å²) in [5.41, 5.74) is 0.853. The van der Waals surface area contributed by atoms with Crippen molar-refractivity contribution in [3.63, 3.8) is 0 Å². The highest BCUT2D eigenvalue weighted by Crippen LogP contribution is 2.21. The van der Waals surface area contributed by atoms with Gasteiger partial charge in [0.15, 0.2) is 0 Å². The number of nitrogens with one attached hydrogen (secondary N) is 1. The lowest BCUT2D eigenvalue weighted by Crippen LogP contribution is -2.50. The second kappa shape index (κ2) is 16.5. The van der Waals surface area contributed by atoms with E-state index in [0.29, 0.717) is 11.8 Å². The molecule has 0 radical (unpaired) electrons. The van der Waals surface area contributed by atoms with Crippen molar-refractivity contribution in [2.45, 2.75) is 122 Å². The van der Waals surface area contributed by atoms with Gasteiger partial charge in [-0.15, -0.1) is 0 Å². The molecular weight excluding hydrogens is 426 g/mol. The summed E-state index contributed by atoms with van der Waals surface area (Å²) >= 11 is 0. The second-order valence-electron chi connectivity index (χ2n) is 9.91. The third-order valence-corrected chi connectivity index (χ3v) is 6.76. The third kappa shape index (κ3) is 12.4. The van der Waals surface area contributed by atoms with Gasteiger partial charge in [0.2, 0.25) is 0 Å². The number of esters is 1. The number of unbranched alkanes of at least 4 members (excludes halogenated alkanes) is 9. The molecule has 1 aliphatic heterocycles. The van der Waals surface area contributed by atoms with Crippen LogP contribution >= 0.6 is 0 Å². The molecule has 0 bridgehead atoms. The molecule has 1 aromatic carbocycles. The van der Waals surface area contributed by atoms with Crippen molar-refractivity contribution in [1.29, 1.82) is 0 Å². The Morgan fingerprint density at radius 1 is 0.941 bits per heavy atom. The Labute approximate surface area is 206 Å². The summed E-state index contributed by atoms with van der Waals surface area (Å²) < 4.78 is 5.67. The maximum Gasteiger partial charge on any atom is 0.331 e. The van der Waals surface area contributed by atoms with Crippen LogP contribution in [0.25, 0.3) is 6.08 Å². The Morgan fingerprint density at radius 3 is 2.12 bits per heavy atom. The monoisotopic (exact) mass is 471 g/mol. The number of carbonyl (C=O) groups excluding carboxylic acids is 2. The summed E-state index contributed by atoms with van der Waals surface area (Å²) in [5, 5.41) is 13.0. The smallest absolute Gasteiger partial charge is 0.331 e. The molecule has 5 heteroatoms. The van der Waals surface area contributed by atoms with Gasteiger partial charge in [-0.3, -0.25) is 0 Å². The highest BCUT2D eigenvalue weighted by molar-refractivity contribution is 5.87. The van der Waals surface area contributed by atoms with Crippen molar-refractivity contribution in [3.05, 3.63) is 35.9 Å². The molecule has 0 aromatic heterocycles. The normalized spacial score (nSPS) is 20.5. The van der Waals surface area contributed by atoms with Crippen LogP contribution in [0.5, 0.6) is 5.75 Å². The lowest BCUT2D eigenvalue weighted by Gasteiger charge is -2.35. The summed E-state index contributed by atoms with van der Waals surface area (Å²) in [4.78, 5) is 23.1. The molecule has 1 heterocycles. The van der Waals surface area contributed by atoms with Gasteiger partial charge in [0.05, 0.1) is 0 Å². The van der Waals surface area contributed by atoms with Crippen LogP contribution in [0.1, 0.15) is 109 Å². The molecule has 1 aromatic rings. The van der Waals surface area contributed by atoms with Crippen LogP contribution in [0.2, 0.25) is 0 Å². The van der Waals surface area contributed by atoms with Crippen molar-refractivity contribution < 1.29 is 19.4 Å². The van der Waals surface area contributed by atoms with Crippen molar-refractivity contribution in [3.8, 4) is 5.75 Å². The molecule has 0 amide bonds. The van der Waals surface area contributed by atoms with E-state index in [0.717, 1.165) is 31.2 Å². The highest BCUT2D eigenvalue weighted by Gasteiger charge is 2.28. The molecule has 3 atom stereocenters. The number of aromatic hydroxyl groups is 1. The van der Waals surface area contributed by atoms with E-state index in [1.165, 1.54) is 70.3 Å². The minimum absolute atomic E-state index is 0.0873. The number of ketones is 1. The van der Waals surface area contributed by atoms with Crippen LogP contribution in [-0.2, 0) is 14.3 Å². The quantitative estimate of drug-likeness (QED) is 0.159. The topological polar surface area (TPSA) is 75.6 Å². The van der Waals surface area contributed by atoms with Gasteiger partial charge < -0.3 is 20.0 Å². The van der Waals surface area contributed by atoms with Crippen molar-refractivity contribution in [2.75, 3.05) is 0 Å². The van der Waals surface area contributed by atoms with Gasteiger partial charge in [-0.25, -0.2) is 4.79 Å². The lowest BCUT2D eigenvalue weighted by molar-refractivity contribution is -0.145. The van der Waals surface area contributed by atoms with Crippen molar-refractivity contribution >= 4 is 17.8 Å². The summed E-state index contributed by atoms with van der Waals surface area (Å²) in [6.45, 7) is 3.79. The van der Waals surface area contributed by atoms with Gasteiger partial charge in [0.1, 0.15) is 17.6 Å². The minimum atomic E-state index is -0.318. The number of hydrogen-bond donors (Lipinski definition) is 2. The molecular formula is C29H45NO4. The van der Waals surface area contributed by atoms with Crippen LogP contribution in [0.4, 0.5) is 0 Å². The van der Waals surface area contributed by atoms with Gasteiger partial charge in [0.25, 0.3) is 0 Å². The number of Topliss-reactive ketones (excluding diaryl/α,β-unsaturated/α-hetero) is 1. The van der Waals surface area contributed by atoms with Crippen LogP contribution < -0.4 is 5.32 Å². The number of benzene rings is 1. The third-order valence-electron chi connectivity index (χ3n) is 6.76. The lowest BCUT2D eigenvalue weighted by atomic mass is 9.93. The first-order valence-corrected chi connectivity index (χ1v) is 13.4. The number of piperidine rings is 1. The summed E-state index contributed by atoms with van der Waals surface area (Å²) in [6.07, 6.45) is 19.7. The van der Waals surface area contributed by atoms with Crippen molar-refractivity contribution in [2.24, 2.45) is 0 Å². The molecule has 190 valence electrons. The van der Waals surface area contributed by atoms with Gasteiger partial charge in [-0.2, -0.15) is 0 Å². The zero-order valence-electron chi connectivity index (χ0n) is 21.3. The largest absolute Gasteiger partial charge is 0.508 e. The Morgan fingerprint density at radius 2 is 1.53 bits per heavy atom. The molecule has 2 N–H and O–H groups in total. The summed E-state index contributed by atoms with van der Waals surface area (Å²) in [6, 6.07) is 7.40. The van der Waals surface area contributed by atoms with Gasteiger partial charge in [0, 0.05) is 24.6 Å². The SMILES string of the molecule is CC(=O)CCCCCCCCCCCCC1CCC(OC(=O)C=Cc2ccc(O)cc2)C(C)N1. The van der Waals surface area contributed by atoms with E-state index >= 15 is 0 Å². The Bertz CT molecular complexity index is 743. The molecule has 1 saturated heterocycles. The fourth-order valence-corrected chi connectivity index (χ4v) is 4.68. The van der Waals surface area contributed by atoms with Crippen LogP contribution in [0.3, 0.4) is 0 Å². The molecule has 0 saturated carbocycles. The number of rotatable bonds is 16. The Kier molecular flexibility index (Phi) is 13.6. The number of ether oxygens (including phenoxy) is 1. The van der Waals surface area contributed by atoms with E-state index in [1.807, 2.05) is 0 Å². The minimum Gasteiger partial charge on any atom is -0.508 e. The standard InChI is InChI=1S/C29H45NO4/c1-23(31)13-11-9-7-5-3-4-6-8-10-12-14-26-18-21-28(24(2)30-26)34-29(33)22-17-25-15-19-27(32)20-16-25/h15-17,19-20,22,24,26,28,30,32H,3-14,18,21H2,1-2H3. The highest BCUT2D eigenvalue weighted by atomic mass is 16.5. The van der Waals surface area contributed by atoms with Crippen LogP contribution in [-0.4, -0.2) is 35.0 Å². The maximum absolute atomic E-state index is 12.2. The van der Waals surface area contributed by atoms with Crippen LogP contribution in [0, 0.1) is 0 Å². The molecule has 34 heavy (non-hydrogen) atoms. The number of phenolic OH excluding ortho intramolecular Hbond substituents is 1. The average molecular weight is 472 g/mol. The van der Waals surface area contributed by atoms with E-state index in [2.05, 4.69) is 12.2 Å². The Balaban J connectivity index is 1.48. The average Bonchev–Trinajstić information content (AvgIpc) is 2.81. The van der Waals surface area contributed by atoms with E-state index in [-0.39, 0.29) is 23.9 Å². The maximum atomic E-state index is 12.2. The molecule has 0 aliphatic carbocycles. The zero-order valence-corrected chi connectivity index (χ0v) is 21.3. The van der Waals surface area contributed by atoms with E-state index in [1.54, 1.807) is 37.3 Å². The molecule has 3 unspecified atom stereocenters. The fourth-order valence-electron chi connectivity index (χ4n) is 4.68. The zero-order chi connectivity index (χ0) is 24.6. The van der Waals surface area contributed by atoms with Gasteiger partial charge >= 0.3 is 5.97 Å². The first kappa shape index (κ1) is 28.1. The predicted molar refractivity (Wildman–Crippen MR) is 139 cm³/mol. The summed E-state index contributed by atoms with van der Waals surface area (Å²) in [5.74, 6) is 0.207. The fraction of sp³-hybridized carbons (Fsp3) is 0.655. The van der Waals surface area contributed by atoms with E-state index in [9.17, 15) is 14.7 Å². The van der Waals surface area contributed by atoms with Crippen molar-refractivity contribution in [1.82, 2.24) is 5.32 Å². The van der Waals surface area contributed by atoms with E-state index in [4.69, 9.17) is 4.74 Å².